The molecule has 0 saturated heterocycles. The number of methoxy groups -OCH3 is 1. The lowest BCUT2D eigenvalue weighted by Crippen LogP contribution is -2.18. The molecule has 3 unspecified atom stereocenters. The van der Waals surface area contributed by atoms with Crippen molar-refractivity contribution in [3.8, 4) is 0 Å². The lowest BCUT2D eigenvalue weighted by molar-refractivity contribution is -0.139. The smallest absolute Gasteiger partial charge is 0.310 e. The van der Waals surface area contributed by atoms with Gasteiger partial charge in [-0.2, -0.15) is 0 Å². The quantitative estimate of drug-likeness (QED) is 0.813. The zero-order valence-corrected chi connectivity index (χ0v) is 9.96. The number of ether oxygens (including phenoxy) is 1. The van der Waals surface area contributed by atoms with Crippen molar-refractivity contribution >= 4 is 5.97 Å². The van der Waals surface area contributed by atoms with Gasteiger partial charge in [-0.3, -0.25) is 4.79 Å². The van der Waals surface area contributed by atoms with Crippen molar-refractivity contribution in [3.63, 3.8) is 0 Å². The molecule has 0 aliphatic heterocycles. The van der Waals surface area contributed by atoms with E-state index >= 15 is 0 Å². The fraction of sp³-hybridized carbons (Fsp3) is 0.357. The first-order valence-electron chi connectivity index (χ1n) is 5.68. The summed E-state index contributed by atoms with van der Waals surface area (Å²) < 4.78 is 5.18. The van der Waals surface area contributed by atoms with Crippen LogP contribution in [0.1, 0.15) is 6.92 Å². The average Bonchev–Trinajstić information content (AvgIpc) is 2.36. The van der Waals surface area contributed by atoms with Crippen LogP contribution in [0.4, 0.5) is 0 Å². The summed E-state index contributed by atoms with van der Waals surface area (Å²) in [7, 11) is 1.65. The first kappa shape index (κ1) is 11.7. The average molecular weight is 232 g/mol. The van der Waals surface area contributed by atoms with E-state index in [9.17, 15) is 4.79 Å². The third kappa shape index (κ3) is 2.33. The van der Waals surface area contributed by atoms with E-state index in [2.05, 4.69) is 12.2 Å². The molecule has 0 aromatic rings. The van der Waals surface area contributed by atoms with Crippen molar-refractivity contribution in [2.24, 2.45) is 17.8 Å². The fourth-order valence-corrected chi connectivity index (χ4v) is 2.11. The number of rotatable bonds is 3. The minimum atomic E-state index is -0.785. The highest BCUT2D eigenvalue weighted by atomic mass is 16.5. The summed E-state index contributed by atoms with van der Waals surface area (Å²) in [6.07, 6.45) is 12.0. The number of carbonyl (C=O) groups is 1. The summed E-state index contributed by atoms with van der Waals surface area (Å²) in [5.74, 6) is 0.148. The first-order valence-corrected chi connectivity index (χ1v) is 5.68. The Morgan fingerprint density at radius 1 is 1.29 bits per heavy atom. The van der Waals surface area contributed by atoms with Crippen LogP contribution >= 0.6 is 0 Å². The Balaban J connectivity index is 2.18. The first-order chi connectivity index (χ1) is 8.11. The maximum absolute atomic E-state index is 10.9. The van der Waals surface area contributed by atoms with Crippen molar-refractivity contribution in [2.45, 2.75) is 6.92 Å². The van der Waals surface area contributed by atoms with Gasteiger partial charge in [0.15, 0.2) is 0 Å². The summed E-state index contributed by atoms with van der Waals surface area (Å²) in [5, 5.41) is 8.99. The van der Waals surface area contributed by atoms with E-state index in [0.29, 0.717) is 0 Å². The minimum absolute atomic E-state index is 0.246. The molecule has 0 aromatic heterocycles. The largest absolute Gasteiger partial charge is 0.497 e. The van der Waals surface area contributed by atoms with Crippen molar-refractivity contribution in [2.75, 3.05) is 7.11 Å². The van der Waals surface area contributed by atoms with E-state index in [1.54, 1.807) is 14.0 Å². The predicted octanol–water partition coefficient (Wildman–Crippen LogP) is 2.54. The van der Waals surface area contributed by atoms with Gasteiger partial charge >= 0.3 is 5.97 Å². The molecule has 0 aromatic carbocycles. The zero-order chi connectivity index (χ0) is 12.4. The molecule has 0 amide bonds. The van der Waals surface area contributed by atoms with Gasteiger partial charge in [0.2, 0.25) is 0 Å². The second-order valence-corrected chi connectivity index (χ2v) is 4.37. The van der Waals surface area contributed by atoms with Gasteiger partial charge in [-0.1, -0.05) is 24.3 Å². The van der Waals surface area contributed by atoms with Crippen molar-refractivity contribution < 1.29 is 14.6 Å². The molecule has 2 aliphatic rings. The number of hydrogen-bond acceptors (Lipinski definition) is 2. The van der Waals surface area contributed by atoms with Crippen LogP contribution in [-0.4, -0.2) is 18.2 Å². The highest BCUT2D eigenvalue weighted by molar-refractivity contribution is 5.74. The Morgan fingerprint density at radius 2 is 1.94 bits per heavy atom. The van der Waals surface area contributed by atoms with E-state index in [1.807, 2.05) is 24.3 Å². The van der Waals surface area contributed by atoms with Gasteiger partial charge in [0.05, 0.1) is 13.0 Å². The summed E-state index contributed by atoms with van der Waals surface area (Å²) >= 11 is 0. The molecular formula is C14H16O3. The number of allylic oxidation sites excluding steroid dienone is 6. The minimum Gasteiger partial charge on any atom is -0.497 e. The number of fused-ring (bicyclic) bond motifs is 1. The van der Waals surface area contributed by atoms with E-state index in [1.165, 1.54) is 0 Å². The van der Waals surface area contributed by atoms with Crippen LogP contribution in [0.2, 0.25) is 0 Å². The van der Waals surface area contributed by atoms with Crippen LogP contribution in [-0.2, 0) is 9.53 Å². The molecule has 0 bridgehead atoms. The van der Waals surface area contributed by atoms with E-state index in [0.717, 1.165) is 11.3 Å². The number of carboxylic acids is 1. The van der Waals surface area contributed by atoms with Gasteiger partial charge in [0, 0.05) is 11.8 Å². The second-order valence-electron chi connectivity index (χ2n) is 4.37. The number of hydrogen-bond donors (Lipinski definition) is 1. The van der Waals surface area contributed by atoms with Crippen LogP contribution in [0.15, 0.2) is 47.8 Å². The van der Waals surface area contributed by atoms with Gasteiger partial charge in [0.1, 0.15) is 5.76 Å². The van der Waals surface area contributed by atoms with Crippen molar-refractivity contribution in [1.82, 2.24) is 0 Å². The number of carboxylic acid groups (broad SMARTS) is 1. The van der Waals surface area contributed by atoms with E-state index in [-0.39, 0.29) is 11.8 Å². The lowest BCUT2D eigenvalue weighted by atomic mass is 9.80. The molecule has 0 radical (unpaired) electrons. The van der Waals surface area contributed by atoms with E-state index in [4.69, 9.17) is 9.84 Å². The van der Waals surface area contributed by atoms with Crippen LogP contribution < -0.4 is 0 Å². The third-order valence-corrected chi connectivity index (χ3v) is 3.29. The van der Waals surface area contributed by atoms with Gasteiger partial charge in [-0.05, 0) is 24.6 Å². The molecule has 0 saturated carbocycles. The van der Waals surface area contributed by atoms with Crippen molar-refractivity contribution in [1.29, 1.82) is 0 Å². The molecule has 3 atom stereocenters. The van der Waals surface area contributed by atoms with Crippen LogP contribution in [0.5, 0.6) is 0 Å². The van der Waals surface area contributed by atoms with Gasteiger partial charge < -0.3 is 9.84 Å². The third-order valence-electron chi connectivity index (χ3n) is 3.29. The highest BCUT2D eigenvalue weighted by Crippen LogP contribution is 2.32. The topological polar surface area (TPSA) is 46.5 Å². The summed E-state index contributed by atoms with van der Waals surface area (Å²) in [6.45, 7) is 1.71. The van der Waals surface area contributed by atoms with Crippen molar-refractivity contribution in [3.05, 3.63) is 47.8 Å². The summed E-state index contributed by atoms with van der Waals surface area (Å²) in [5.41, 5.74) is 0.873. The van der Waals surface area contributed by atoms with Crippen LogP contribution in [0, 0.1) is 17.8 Å². The standard InChI is InChI=1S/C14H16O3/c1-9(14(15)16)10-3-4-12-8-13(17-2)6-5-11(12)7-10/h3-9,11-12H,1-2H3,(H,15,16). The Labute approximate surface area is 101 Å². The fourth-order valence-electron chi connectivity index (χ4n) is 2.11. The normalized spacial score (nSPS) is 27.9. The van der Waals surface area contributed by atoms with Gasteiger partial charge in [-0.15, -0.1) is 0 Å². The number of aliphatic carboxylic acids is 1. The summed E-state index contributed by atoms with van der Waals surface area (Å²) in [4.78, 5) is 10.9. The highest BCUT2D eigenvalue weighted by Gasteiger charge is 2.24. The Hall–Kier alpha value is -1.77. The lowest BCUT2D eigenvalue weighted by Gasteiger charge is -2.25. The predicted molar refractivity (Wildman–Crippen MR) is 65.2 cm³/mol. The summed E-state index contributed by atoms with van der Waals surface area (Å²) in [6, 6.07) is 0. The Kier molecular flexibility index (Phi) is 3.18. The molecular weight excluding hydrogens is 216 g/mol. The molecule has 0 fully saturated rings. The van der Waals surface area contributed by atoms with Crippen LogP contribution in [0.3, 0.4) is 0 Å². The van der Waals surface area contributed by atoms with Gasteiger partial charge in [0.25, 0.3) is 0 Å². The van der Waals surface area contributed by atoms with E-state index < -0.39 is 11.9 Å². The molecule has 1 N–H and O–H groups in total. The van der Waals surface area contributed by atoms with Crippen LogP contribution in [0.25, 0.3) is 0 Å². The van der Waals surface area contributed by atoms with Gasteiger partial charge in [-0.25, -0.2) is 0 Å². The molecule has 17 heavy (non-hydrogen) atoms. The maximum atomic E-state index is 10.9. The molecule has 2 rings (SSSR count). The SMILES string of the molecule is COC1=CC2C=CC(C(C)C(=O)O)=CC2C=C1. The molecule has 90 valence electrons. The molecule has 2 aliphatic carbocycles. The Bertz CT molecular complexity index is 440. The maximum Gasteiger partial charge on any atom is 0.310 e. The second kappa shape index (κ2) is 4.62. The zero-order valence-electron chi connectivity index (χ0n) is 9.96. The monoisotopic (exact) mass is 232 g/mol. The molecule has 3 heteroatoms. The Morgan fingerprint density at radius 3 is 2.59 bits per heavy atom. The molecule has 0 spiro atoms. The molecule has 0 heterocycles. The molecule has 3 nitrogen and oxygen atoms in total.